The van der Waals surface area contributed by atoms with Crippen LogP contribution in [0, 0.1) is 5.92 Å². The molecule has 1 aromatic rings. The number of hydrogen-bond acceptors (Lipinski definition) is 2. The summed E-state index contributed by atoms with van der Waals surface area (Å²) < 4.78 is 0. The van der Waals surface area contributed by atoms with E-state index in [9.17, 15) is 5.11 Å². The fourth-order valence-corrected chi connectivity index (χ4v) is 2.50. The van der Waals surface area contributed by atoms with Crippen LogP contribution in [0.25, 0.3) is 0 Å². The molecule has 0 bridgehead atoms. The van der Waals surface area contributed by atoms with E-state index in [0.717, 1.165) is 17.2 Å². The van der Waals surface area contributed by atoms with Gasteiger partial charge in [0.2, 0.25) is 0 Å². The molecule has 1 nitrogen and oxygen atoms in total. The fourth-order valence-electron chi connectivity index (χ4n) is 1.28. The molecule has 0 aliphatic carbocycles. The minimum atomic E-state index is -0.365. The van der Waals surface area contributed by atoms with E-state index in [1.54, 1.807) is 6.92 Å². The Morgan fingerprint density at radius 2 is 2.00 bits per heavy atom. The van der Waals surface area contributed by atoms with Crippen LogP contribution in [0.1, 0.15) is 38.9 Å². The van der Waals surface area contributed by atoms with Gasteiger partial charge in [-0.15, -0.1) is 11.8 Å². The van der Waals surface area contributed by atoms with Crippen LogP contribution in [0.5, 0.6) is 0 Å². The second kappa shape index (κ2) is 6.19. The summed E-state index contributed by atoms with van der Waals surface area (Å²) in [5.41, 5.74) is 1.00. The van der Waals surface area contributed by atoms with Gasteiger partial charge < -0.3 is 5.11 Å². The second-order valence-electron chi connectivity index (χ2n) is 4.28. The highest BCUT2D eigenvalue weighted by Crippen LogP contribution is 2.23. The zero-order valence-electron chi connectivity index (χ0n) is 9.73. The van der Waals surface area contributed by atoms with Crippen molar-refractivity contribution in [1.82, 2.24) is 0 Å². The van der Waals surface area contributed by atoms with Crippen LogP contribution >= 0.6 is 11.8 Å². The molecule has 0 aliphatic heterocycles. The lowest BCUT2D eigenvalue weighted by Crippen LogP contribution is -1.92. The quantitative estimate of drug-likeness (QED) is 0.766. The van der Waals surface area contributed by atoms with Gasteiger partial charge in [-0.2, -0.15) is 0 Å². The summed E-state index contributed by atoms with van der Waals surface area (Å²) in [6.07, 6.45) is 0.875. The molecule has 1 aromatic carbocycles. The maximum atomic E-state index is 9.45. The van der Waals surface area contributed by atoms with Crippen LogP contribution in [0.4, 0.5) is 0 Å². The topological polar surface area (TPSA) is 20.2 Å². The van der Waals surface area contributed by atoms with Crippen molar-refractivity contribution in [3.63, 3.8) is 0 Å². The third-order valence-corrected chi connectivity index (χ3v) is 3.33. The van der Waals surface area contributed by atoms with Crippen molar-refractivity contribution in [1.29, 1.82) is 0 Å². The van der Waals surface area contributed by atoms with E-state index in [4.69, 9.17) is 0 Å². The van der Waals surface area contributed by atoms with E-state index >= 15 is 0 Å². The summed E-state index contributed by atoms with van der Waals surface area (Å²) in [6, 6.07) is 8.17. The van der Waals surface area contributed by atoms with Crippen molar-refractivity contribution < 1.29 is 5.11 Å². The number of thioether (sulfide) groups is 1. The zero-order chi connectivity index (χ0) is 11.3. The van der Waals surface area contributed by atoms with Crippen LogP contribution < -0.4 is 0 Å². The zero-order valence-corrected chi connectivity index (χ0v) is 10.6. The first-order valence-electron chi connectivity index (χ1n) is 5.50. The largest absolute Gasteiger partial charge is 0.389 e. The summed E-state index contributed by atoms with van der Waals surface area (Å²) in [7, 11) is 0. The molecule has 1 rings (SSSR count). The molecule has 0 heterocycles. The predicted molar refractivity (Wildman–Crippen MR) is 67.3 cm³/mol. The van der Waals surface area contributed by atoms with Crippen molar-refractivity contribution in [2.75, 3.05) is 5.75 Å². The van der Waals surface area contributed by atoms with Crippen molar-refractivity contribution in [2.45, 2.75) is 38.2 Å². The molecule has 0 saturated heterocycles. The highest BCUT2D eigenvalue weighted by atomic mass is 32.2. The Hall–Kier alpha value is -0.470. The first-order chi connectivity index (χ1) is 7.09. The number of hydrogen-bond donors (Lipinski definition) is 1. The average Bonchev–Trinajstić information content (AvgIpc) is 2.17. The highest BCUT2D eigenvalue weighted by molar-refractivity contribution is 7.99. The van der Waals surface area contributed by atoms with Crippen molar-refractivity contribution >= 4 is 11.8 Å². The Bertz CT molecular complexity index is 294. The Morgan fingerprint density at radius 1 is 1.27 bits per heavy atom. The van der Waals surface area contributed by atoms with Gasteiger partial charge >= 0.3 is 0 Å². The Kier molecular flexibility index (Phi) is 5.20. The normalized spacial score (nSPS) is 13.1. The van der Waals surface area contributed by atoms with Gasteiger partial charge in [-0.1, -0.05) is 26.0 Å². The number of benzene rings is 1. The molecule has 1 atom stereocenters. The molecular weight excluding hydrogens is 204 g/mol. The molecule has 1 N–H and O–H groups in total. The lowest BCUT2D eigenvalue weighted by Gasteiger charge is -2.08. The first kappa shape index (κ1) is 12.6. The molecule has 0 spiro atoms. The fraction of sp³-hybridized carbons (Fsp3) is 0.538. The first-order valence-corrected chi connectivity index (χ1v) is 6.49. The Labute approximate surface area is 96.9 Å². The molecule has 2 heteroatoms. The number of aliphatic hydroxyl groups is 1. The van der Waals surface area contributed by atoms with Crippen molar-refractivity contribution in [3.05, 3.63) is 29.8 Å². The standard InChI is InChI=1S/C13H20OS/c1-10(2)7-8-15-13-6-4-5-12(9-13)11(3)14/h4-6,9-11,14H,7-8H2,1-3H3/t11-/m0/s1. The molecular formula is C13H20OS. The smallest absolute Gasteiger partial charge is 0.0762 e. The van der Waals surface area contributed by atoms with Gasteiger partial charge in [0.25, 0.3) is 0 Å². The SMILES string of the molecule is CC(C)CCSc1cccc([C@H](C)O)c1. The van der Waals surface area contributed by atoms with Gasteiger partial charge in [-0.05, 0) is 42.7 Å². The Balaban J connectivity index is 2.50. The second-order valence-corrected chi connectivity index (χ2v) is 5.45. The van der Waals surface area contributed by atoms with Gasteiger partial charge in [-0.3, -0.25) is 0 Å². The lowest BCUT2D eigenvalue weighted by atomic mass is 10.1. The van der Waals surface area contributed by atoms with Gasteiger partial charge in [0, 0.05) is 4.90 Å². The van der Waals surface area contributed by atoms with E-state index < -0.39 is 0 Å². The number of rotatable bonds is 5. The molecule has 0 aromatic heterocycles. The van der Waals surface area contributed by atoms with E-state index in [0.29, 0.717) is 0 Å². The third kappa shape index (κ3) is 4.72. The van der Waals surface area contributed by atoms with Gasteiger partial charge in [0.05, 0.1) is 6.10 Å². The molecule has 0 aliphatic rings. The van der Waals surface area contributed by atoms with E-state index in [1.807, 2.05) is 23.9 Å². The summed E-state index contributed by atoms with van der Waals surface area (Å²) in [4.78, 5) is 1.26. The summed E-state index contributed by atoms with van der Waals surface area (Å²) in [5, 5.41) is 9.45. The van der Waals surface area contributed by atoms with Crippen LogP contribution in [-0.2, 0) is 0 Å². The van der Waals surface area contributed by atoms with Crippen LogP contribution in [0.3, 0.4) is 0 Å². The van der Waals surface area contributed by atoms with Crippen LogP contribution in [0.2, 0.25) is 0 Å². The summed E-state index contributed by atoms with van der Waals surface area (Å²) >= 11 is 1.87. The maximum absolute atomic E-state index is 9.45. The van der Waals surface area contributed by atoms with Crippen LogP contribution in [0.15, 0.2) is 29.2 Å². The summed E-state index contributed by atoms with van der Waals surface area (Å²) in [5.74, 6) is 1.92. The predicted octanol–water partition coefficient (Wildman–Crippen LogP) is 3.88. The Morgan fingerprint density at radius 3 is 2.60 bits per heavy atom. The highest BCUT2D eigenvalue weighted by Gasteiger charge is 2.02. The van der Waals surface area contributed by atoms with Gasteiger partial charge in [-0.25, -0.2) is 0 Å². The molecule has 0 fully saturated rings. The molecule has 0 saturated carbocycles. The van der Waals surface area contributed by atoms with Crippen molar-refractivity contribution in [3.8, 4) is 0 Å². The maximum Gasteiger partial charge on any atom is 0.0762 e. The third-order valence-electron chi connectivity index (χ3n) is 2.30. The lowest BCUT2D eigenvalue weighted by molar-refractivity contribution is 0.199. The van der Waals surface area contributed by atoms with Gasteiger partial charge in [0.1, 0.15) is 0 Å². The minimum absolute atomic E-state index is 0.365. The van der Waals surface area contributed by atoms with Crippen molar-refractivity contribution in [2.24, 2.45) is 5.92 Å². The molecule has 84 valence electrons. The summed E-state index contributed by atoms with van der Waals surface area (Å²) in [6.45, 7) is 6.29. The molecule has 0 unspecified atom stereocenters. The molecule has 15 heavy (non-hydrogen) atoms. The van der Waals surface area contributed by atoms with Crippen LogP contribution in [-0.4, -0.2) is 10.9 Å². The number of aliphatic hydroxyl groups excluding tert-OH is 1. The van der Waals surface area contributed by atoms with Gasteiger partial charge in [0.15, 0.2) is 0 Å². The monoisotopic (exact) mass is 224 g/mol. The van der Waals surface area contributed by atoms with E-state index in [-0.39, 0.29) is 6.10 Å². The average molecular weight is 224 g/mol. The minimum Gasteiger partial charge on any atom is -0.389 e. The van der Waals surface area contributed by atoms with E-state index in [2.05, 4.69) is 26.0 Å². The molecule has 0 amide bonds. The molecule has 0 radical (unpaired) electrons. The van der Waals surface area contributed by atoms with E-state index in [1.165, 1.54) is 11.3 Å².